The third-order valence-corrected chi connectivity index (χ3v) is 6.64. The predicted molar refractivity (Wildman–Crippen MR) is 130 cm³/mol. The summed E-state index contributed by atoms with van der Waals surface area (Å²) in [7, 11) is 0. The monoisotopic (exact) mass is 456 g/mol. The van der Waals surface area contributed by atoms with E-state index < -0.39 is 0 Å². The number of carbonyl (C=O) groups excluding carboxylic acids is 1. The van der Waals surface area contributed by atoms with E-state index in [2.05, 4.69) is 46.9 Å². The van der Waals surface area contributed by atoms with E-state index in [0.717, 1.165) is 62.2 Å². The molecule has 7 heteroatoms. The van der Waals surface area contributed by atoms with E-state index in [4.69, 9.17) is 16.3 Å². The van der Waals surface area contributed by atoms with Crippen molar-refractivity contribution in [2.45, 2.75) is 45.1 Å². The van der Waals surface area contributed by atoms with Crippen molar-refractivity contribution in [3.8, 4) is 11.1 Å². The van der Waals surface area contributed by atoms with Crippen LogP contribution >= 0.6 is 11.6 Å². The normalized spacial score (nSPS) is 22.8. The number of aromatic nitrogens is 1. The average molecular weight is 457 g/mol. The Bertz CT molecular complexity index is 943. The smallest absolute Gasteiger partial charge is 0.229 e. The summed E-state index contributed by atoms with van der Waals surface area (Å²) in [5.74, 6) is 1.10. The van der Waals surface area contributed by atoms with Crippen molar-refractivity contribution in [1.82, 2.24) is 10.3 Å². The second-order valence-electron chi connectivity index (χ2n) is 9.51. The van der Waals surface area contributed by atoms with Gasteiger partial charge < -0.3 is 20.7 Å². The van der Waals surface area contributed by atoms with E-state index in [9.17, 15) is 4.79 Å². The lowest BCUT2D eigenvalue weighted by atomic mass is 9.88. The number of piperidine rings is 1. The molecule has 0 aliphatic carbocycles. The van der Waals surface area contributed by atoms with Crippen LogP contribution in [-0.4, -0.2) is 42.7 Å². The molecule has 2 aliphatic rings. The van der Waals surface area contributed by atoms with Gasteiger partial charge in [-0.3, -0.25) is 4.79 Å². The van der Waals surface area contributed by atoms with Gasteiger partial charge in [-0.25, -0.2) is 4.98 Å². The molecular weight excluding hydrogens is 424 g/mol. The van der Waals surface area contributed by atoms with Crippen LogP contribution in [0.3, 0.4) is 0 Å². The number of rotatable bonds is 6. The Hall–Kier alpha value is -2.15. The van der Waals surface area contributed by atoms with Crippen molar-refractivity contribution in [3.05, 3.63) is 41.6 Å². The summed E-state index contributed by atoms with van der Waals surface area (Å²) in [4.78, 5) is 16.9. The van der Waals surface area contributed by atoms with Crippen LogP contribution in [0.4, 0.5) is 11.5 Å². The third-order valence-electron chi connectivity index (χ3n) is 6.34. The van der Waals surface area contributed by atoms with Gasteiger partial charge in [0.25, 0.3) is 0 Å². The Morgan fingerprint density at radius 2 is 2.19 bits per heavy atom. The van der Waals surface area contributed by atoms with Gasteiger partial charge in [-0.1, -0.05) is 23.7 Å². The van der Waals surface area contributed by atoms with Gasteiger partial charge in [-0.2, -0.15) is 0 Å². The zero-order chi connectivity index (χ0) is 22.6. The van der Waals surface area contributed by atoms with E-state index in [-0.39, 0.29) is 17.4 Å². The second-order valence-corrected chi connectivity index (χ2v) is 9.92. The fraction of sp³-hybridized carbons (Fsp3) is 0.520. The summed E-state index contributed by atoms with van der Waals surface area (Å²) in [6, 6.07) is 10.1. The highest BCUT2D eigenvalue weighted by Gasteiger charge is 2.28. The molecule has 2 atom stereocenters. The fourth-order valence-corrected chi connectivity index (χ4v) is 4.84. The highest BCUT2D eigenvalue weighted by atomic mass is 35.5. The fourth-order valence-electron chi connectivity index (χ4n) is 4.62. The van der Waals surface area contributed by atoms with Crippen molar-refractivity contribution in [1.29, 1.82) is 0 Å². The predicted octanol–water partition coefficient (Wildman–Crippen LogP) is 4.96. The van der Waals surface area contributed by atoms with Gasteiger partial charge >= 0.3 is 0 Å². The van der Waals surface area contributed by atoms with Crippen LogP contribution in [0, 0.1) is 11.8 Å². The topological polar surface area (TPSA) is 75.3 Å². The van der Waals surface area contributed by atoms with Crippen LogP contribution < -0.4 is 16.0 Å². The highest BCUT2D eigenvalue weighted by Crippen LogP contribution is 2.32. The molecule has 2 fully saturated rings. The molecule has 3 N–H and O–H groups in total. The molecule has 2 aromatic rings. The second kappa shape index (κ2) is 10.2. The van der Waals surface area contributed by atoms with Crippen molar-refractivity contribution in [3.63, 3.8) is 0 Å². The van der Waals surface area contributed by atoms with Crippen LogP contribution in [-0.2, 0) is 9.53 Å². The summed E-state index contributed by atoms with van der Waals surface area (Å²) < 4.78 is 5.83. The lowest BCUT2D eigenvalue weighted by Gasteiger charge is -2.35. The Balaban J connectivity index is 1.43. The molecule has 0 radical (unpaired) electrons. The summed E-state index contributed by atoms with van der Waals surface area (Å²) in [5, 5.41) is 10.4. The minimum absolute atomic E-state index is 0.00720. The van der Waals surface area contributed by atoms with Crippen molar-refractivity contribution < 1.29 is 9.53 Å². The minimum Gasteiger partial charge on any atom is -0.385 e. The molecular formula is C25H33ClN4O2. The average Bonchev–Trinajstić information content (AvgIpc) is 2.79. The minimum atomic E-state index is -0.0501. The number of hydrogen-bond donors (Lipinski definition) is 3. The SMILES string of the molecule is CC1(C)C[C@H](CNc2cccc(-c3cc(NC(=O)[C@@H]4CCCNC4)ncc3Cl)c2)CCO1. The van der Waals surface area contributed by atoms with E-state index in [0.29, 0.717) is 23.3 Å². The Morgan fingerprint density at radius 3 is 2.97 bits per heavy atom. The molecule has 0 bridgehead atoms. The van der Waals surface area contributed by atoms with Gasteiger partial charge in [0.15, 0.2) is 0 Å². The molecule has 32 heavy (non-hydrogen) atoms. The van der Waals surface area contributed by atoms with E-state index in [1.165, 1.54) is 0 Å². The van der Waals surface area contributed by atoms with Gasteiger partial charge in [-0.05, 0) is 75.8 Å². The number of amides is 1. The number of nitrogens with one attached hydrogen (secondary N) is 3. The van der Waals surface area contributed by atoms with Gasteiger partial charge in [-0.15, -0.1) is 0 Å². The summed E-state index contributed by atoms with van der Waals surface area (Å²) in [6.07, 6.45) is 5.65. The number of ether oxygens (including phenoxy) is 1. The van der Waals surface area contributed by atoms with Gasteiger partial charge in [0.2, 0.25) is 5.91 Å². The third kappa shape index (κ3) is 6.00. The van der Waals surface area contributed by atoms with Gasteiger partial charge in [0.1, 0.15) is 5.82 Å². The highest BCUT2D eigenvalue weighted by molar-refractivity contribution is 6.33. The lowest BCUT2D eigenvalue weighted by Crippen LogP contribution is -2.37. The number of hydrogen-bond acceptors (Lipinski definition) is 5. The first kappa shape index (κ1) is 23.0. The number of nitrogens with zero attached hydrogens (tertiary/aromatic N) is 1. The zero-order valence-electron chi connectivity index (χ0n) is 18.9. The largest absolute Gasteiger partial charge is 0.385 e. The Kier molecular flexibility index (Phi) is 7.33. The number of carbonyl (C=O) groups is 1. The molecule has 1 aromatic heterocycles. The van der Waals surface area contributed by atoms with Gasteiger partial charge in [0, 0.05) is 37.1 Å². The van der Waals surface area contributed by atoms with E-state index >= 15 is 0 Å². The molecule has 0 unspecified atom stereocenters. The molecule has 2 saturated heterocycles. The first-order valence-electron chi connectivity index (χ1n) is 11.5. The van der Waals surface area contributed by atoms with Crippen molar-refractivity contribution in [2.24, 2.45) is 11.8 Å². The Morgan fingerprint density at radius 1 is 1.31 bits per heavy atom. The Labute approximate surface area is 195 Å². The lowest BCUT2D eigenvalue weighted by molar-refractivity contribution is -0.120. The number of pyridine rings is 1. The van der Waals surface area contributed by atoms with E-state index in [1.54, 1.807) is 6.20 Å². The van der Waals surface area contributed by atoms with Gasteiger partial charge in [0.05, 0.1) is 16.5 Å². The standard InChI is InChI=1S/C25H33ClN4O2/c1-25(2)13-17(8-10-32-25)14-28-20-7-3-5-18(11-20)21-12-23(29-16-22(21)26)30-24(31)19-6-4-9-27-15-19/h3,5,7,11-12,16-17,19,27-28H,4,6,8-10,13-15H2,1-2H3,(H,29,30,31)/t17-,19-/m1/s1. The summed E-state index contributed by atoms with van der Waals surface area (Å²) in [5.41, 5.74) is 2.85. The molecule has 172 valence electrons. The first-order chi connectivity index (χ1) is 15.4. The number of halogens is 1. The van der Waals surface area contributed by atoms with Crippen LogP contribution in [0.1, 0.15) is 39.5 Å². The molecule has 0 spiro atoms. The van der Waals surface area contributed by atoms with Crippen LogP contribution in [0.5, 0.6) is 0 Å². The van der Waals surface area contributed by atoms with E-state index in [1.807, 2.05) is 18.2 Å². The maximum atomic E-state index is 12.6. The van der Waals surface area contributed by atoms with Crippen LogP contribution in [0.15, 0.2) is 36.5 Å². The zero-order valence-corrected chi connectivity index (χ0v) is 19.7. The summed E-state index contributed by atoms with van der Waals surface area (Å²) in [6.45, 7) is 7.74. The number of benzene rings is 1. The maximum Gasteiger partial charge on any atom is 0.229 e. The van der Waals surface area contributed by atoms with Crippen LogP contribution in [0.2, 0.25) is 5.02 Å². The molecule has 2 aliphatic heterocycles. The van der Waals surface area contributed by atoms with Crippen molar-refractivity contribution >= 4 is 29.0 Å². The van der Waals surface area contributed by atoms with Crippen LogP contribution in [0.25, 0.3) is 11.1 Å². The maximum absolute atomic E-state index is 12.6. The molecule has 1 amide bonds. The first-order valence-corrected chi connectivity index (χ1v) is 11.9. The molecule has 6 nitrogen and oxygen atoms in total. The number of anilines is 2. The summed E-state index contributed by atoms with van der Waals surface area (Å²) >= 11 is 6.48. The quantitative estimate of drug-likeness (QED) is 0.573. The molecule has 4 rings (SSSR count). The van der Waals surface area contributed by atoms with Crippen molar-refractivity contribution in [2.75, 3.05) is 36.9 Å². The molecule has 0 saturated carbocycles. The molecule has 3 heterocycles. The molecule has 1 aromatic carbocycles.